The lowest BCUT2D eigenvalue weighted by molar-refractivity contribution is -0.141. The lowest BCUT2D eigenvalue weighted by Crippen LogP contribution is -2.47. The highest BCUT2D eigenvalue weighted by Gasteiger charge is 2.34. The van der Waals surface area contributed by atoms with Crippen molar-refractivity contribution in [1.29, 1.82) is 0 Å². The van der Waals surface area contributed by atoms with Crippen molar-refractivity contribution in [2.24, 2.45) is 5.92 Å². The first kappa shape index (κ1) is 25.4. The summed E-state index contributed by atoms with van der Waals surface area (Å²) < 4.78 is 5.73. The van der Waals surface area contributed by atoms with Crippen molar-refractivity contribution >= 4 is 11.8 Å². The van der Waals surface area contributed by atoms with Crippen LogP contribution < -0.4 is 5.32 Å². The largest absolute Gasteiger partial charge is 0.376 e. The molecule has 1 aliphatic carbocycles. The summed E-state index contributed by atoms with van der Waals surface area (Å²) in [4.78, 5) is 29.5. The van der Waals surface area contributed by atoms with Gasteiger partial charge in [-0.1, -0.05) is 73.4 Å². The topological polar surface area (TPSA) is 58.6 Å². The summed E-state index contributed by atoms with van der Waals surface area (Å²) >= 11 is 0. The maximum Gasteiger partial charge on any atom is 0.247 e. The van der Waals surface area contributed by atoms with Gasteiger partial charge in [-0.05, 0) is 62.1 Å². The van der Waals surface area contributed by atoms with E-state index in [1.165, 1.54) is 19.3 Å². The molecule has 4 rings (SSSR count). The minimum Gasteiger partial charge on any atom is -0.376 e. The highest BCUT2D eigenvalue weighted by molar-refractivity contribution is 5.89. The maximum atomic E-state index is 13.9. The third-order valence-corrected chi connectivity index (χ3v) is 7.58. The number of carbonyl (C=O) groups excluding carboxylic acids is 2. The molecule has 1 saturated heterocycles. The van der Waals surface area contributed by atoms with Crippen molar-refractivity contribution in [3.8, 4) is 0 Å². The Balaban J connectivity index is 1.62. The van der Waals surface area contributed by atoms with Crippen LogP contribution in [0, 0.1) is 19.8 Å². The van der Waals surface area contributed by atoms with Crippen LogP contribution in [0.5, 0.6) is 0 Å². The van der Waals surface area contributed by atoms with Gasteiger partial charge in [-0.15, -0.1) is 0 Å². The number of aryl methyl sites for hydroxylation is 2. The molecule has 5 nitrogen and oxygen atoms in total. The molecule has 0 radical (unpaired) electrons. The van der Waals surface area contributed by atoms with Gasteiger partial charge < -0.3 is 15.0 Å². The fourth-order valence-corrected chi connectivity index (χ4v) is 5.41. The third kappa shape index (κ3) is 6.94. The van der Waals surface area contributed by atoms with Gasteiger partial charge in [0.25, 0.3) is 0 Å². The Labute approximate surface area is 210 Å². The summed E-state index contributed by atoms with van der Waals surface area (Å²) in [5.74, 6) is 0.337. The molecule has 1 aliphatic heterocycles. The van der Waals surface area contributed by atoms with E-state index in [1.807, 2.05) is 67.3 Å². The molecule has 5 heteroatoms. The molecule has 0 aromatic heterocycles. The van der Waals surface area contributed by atoms with E-state index in [0.29, 0.717) is 25.4 Å². The molecule has 2 aliphatic rings. The fraction of sp³-hybridized carbons (Fsp3) is 0.533. The molecule has 2 amide bonds. The zero-order chi connectivity index (χ0) is 24.6. The second kappa shape index (κ2) is 12.3. The summed E-state index contributed by atoms with van der Waals surface area (Å²) in [5.41, 5.74) is 4.13. The summed E-state index contributed by atoms with van der Waals surface area (Å²) in [5, 5.41) is 3.13. The van der Waals surface area contributed by atoms with Gasteiger partial charge in [-0.3, -0.25) is 9.59 Å². The number of amides is 2. The zero-order valence-electron chi connectivity index (χ0n) is 21.3. The minimum absolute atomic E-state index is 0.0164. The zero-order valence-corrected chi connectivity index (χ0v) is 21.3. The summed E-state index contributed by atoms with van der Waals surface area (Å²) in [7, 11) is 0. The summed E-state index contributed by atoms with van der Waals surface area (Å²) in [6.45, 7) is 5.95. The van der Waals surface area contributed by atoms with Crippen LogP contribution in [0.1, 0.15) is 73.2 Å². The molecule has 0 spiro atoms. The van der Waals surface area contributed by atoms with Crippen LogP contribution in [0.4, 0.5) is 0 Å². The van der Waals surface area contributed by atoms with Crippen LogP contribution in [-0.2, 0) is 20.7 Å². The first-order valence-electron chi connectivity index (χ1n) is 13.3. The van der Waals surface area contributed by atoms with Gasteiger partial charge in [0.05, 0.1) is 12.5 Å². The Morgan fingerprint density at radius 1 is 0.971 bits per heavy atom. The lowest BCUT2D eigenvalue weighted by atomic mass is 9.88. The van der Waals surface area contributed by atoms with Crippen molar-refractivity contribution in [1.82, 2.24) is 10.2 Å². The predicted octanol–water partition coefficient (Wildman–Crippen LogP) is 5.29. The van der Waals surface area contributed by atoms with E-state index in [9.17, 15) is 9.59 Å². The van der Waals surface area contributed by atoms with Crippen LogP contribution in [0.15, 0.2) is 48.5 Å². The number of nitrogens with zero attached hydrogens (tertiary/aromatic N) is 1. The number of benzene rings is 2. The highest BCUT2D eigenvalue weighted by atomic mass is 16.5. The quantitative estimate of drug-likeness (QED) is 0.535. The predicted molar refractivity (Wildman–Crippen MR) is 139 cm³/mol. The van der Waals surface area contributed by atoms with Gasteiger partial charge in [0.2, 0.25) is 11.8 Å². The summed E-state index contributed by atoms with van der Waals surface area (Å²) in [6, 6.07) is 15.4. The maximum absolute atomic E-state index is 13.9. The lowest BCUT2D eigenvalue weighted by Gasteiger charge is -2.36. The van der Waals surface area contributed by atoms with Gasteiger partial charge in [-0.25, -0.2) is 0 Å². The molecule has 1 heterocycles. The molecule has 1 N–H and O–H groups in total. The second-order valence-corrected chi connectivity index (χ2v) is 10.3. The normalized spacial score (nSPS) is 19.3. The van der Waals surface area contributed by atoms with Gasteiger partial charge in [0.15, 0.2) is 0 Å². The van der Waals surface area contributed by atoms with E-state index in [2.05, 4.69) is 5.32 Å². The van der Waals surface area contributed by atoms with E-state index in [0.717, 1.165) is 54.5 Å². The van der Waals surface area contributed by atoms with E-state index in [-0.39, 0.29) is 17.9 Å². The molecule has 35 heavy (non-hydrogen) atoms. The van der Waals surface area contributed by atoms with Crippen LogP contribution in [0.25, 0.3) is 0 Å². The number of hydrogen-bond acceptors (Lipinski definition) is 3. The van der Waals surface area contributed by atoms with Gasteiger partial charge in [0.1, 0.15) is 6.04 Å². The Hall–Kier alpha value is -2.66. The highest BCUT2D eigenvalue weighted by Crippen LogP contribution is 2.30. The van der Waals surface area contributed by atoms with Crippen molar-refractivity contribution in [2.45, 2.75) is 77.4 Å². The summed E-state index contributed by atoms with van der Waals surface area (Å²) in [6.07, 6.45) is 8.26. The molecular weight excluding hydrogens is 436 g/mol. The van der Waals surface area contributed by atoms with Gasteiger partial charge in [-0.2, -0.15) is 0 Å². The Morgan fingerprint density at radius 2 is 1.71 bits per heavy atom. The smallest absolute Gasteiger partial charge is 0.247 e. The molecule has 2 fully saturated rings. The SMILES string of the molecule is Cc1ccc(C(C(=O)NCC2CCCO2)N(CC2CCCCC2)C(=O)Cc2ccccc2C)cc1. The number of nitrogens with one attached hydrogen (secondary N) is 1. The molecule has 2 unspecified atom stereocenters. The van der Waals surface area contributed by atoms with Crippen LogP contribution in [0.2, 0.25) is 0 Å². The number of carbonyl (C=O) groups is 2. The van der Waals surface area contributed by atoms with Crippen molar-refractivity contribution in [3.63, 3.8) is 0 Å². The average Bonchev–Trinajstić information content (AvgIpc) is 3.39. The number of ether oxygens (including phenoxy) is 1. The third-order valence-electron chi connectivity index (χ3n) is 7.58. The standard InChI is InChI=1S/C30H40N2O3/c1-22-14-16-25(17-15-22)29(30(34)31-20-27-13-8-18-35-27)32(21-24-10-4-3-5-11-24)28(33)19-26-12-7-6-9-23(26)2/h6-7,9,12,14-17,24,27,29H,3-5,8,10-11,13,18-21H2,1-2H3,(H,31,34). The van der Waals surface area contributed by atoms with Crippen LogP contribution in [-0.4, -0.2) is 42.5 Å². The molecule has 2 aromatic carbocycles. The second-order valence-electron chi connectivity index (χ2n) is 10.3. The van der Waals surface area contributed by atoms with E-state index >= 15 is 0 Å². The Kier molecular flexibility index (Phi) is 8.97. The van der Waals surface area contributed by atoms with Crippen LogP contribution in [0.3, 0.4) is 0 Å². The first-order chi connectivity index (χ1) is 17.0. The number of hydrogen-bond donors (Lipinski definition) is 1. The molecule has 188 valence electrons. The molecule has 0 bridgehead atoms. The van der Waals surface area contributed by atoms with E-state index in [4.69, 9.17) is 4.74 Å². The molecule has 2 aromatic rings. The number of rotatable bonds is 9. The van der Waals surface area contributed by atoms with E-state index < -0.39 is 6.04 Å². The van der Waals surface area contributed by atoms with Gasteiger partial charge >= 0.3 is 0 Å². The average molecular weight is 477 g/mol. The monoisotopic (exact) mass is 476 g/mol. The van der Waals surface area contributed by atoms with Gasteiger partial charge in [0, 0.05) is 19.7 Å². The van der Waals surface area contributed by atoms with Crippen molar-refractivity contribution < 1.29 is 14.3 Å². The Bertz CT molecular complexity index is 975. The minimum atomic E-state index is -0.643. The van der Waals surface area contributed by atoms with Crippen LogP contribution >= 0.6 is 0 Å². The molecular formula is C30H40N2O3. The van der Waals surface area contributed by atoms with Crippen molar-refractivity contribution in [2.75, 3.05) is 19.7 Å². The fourth-order valence-electron chi connectivity index (χ4n) is 5.41. The van der Waals surface area contributed by atoms with Crippen molar-refractivity contribution in [3.05, 3.63) is 70.8 Å². The van der Waals surface area contributed by atoms with E-state index in [1.54, 1.807) is 0 Å². The molecule has 1 saturated carbocycles. The first-order valence-corrected chi connectivity index (χ1v) is 13.3. The Morgan fingerprint density at radius 3 is 2.40 bits per heavy atom. The molecule has 2 atom stereocenters.